The highest BCUT2D eigenvalue weighted by atomic mass is 32.2. The highest BCUT2D eigenvalue weighted by Gasteiger charge is 2.33. The molecule has 0 radical (unpaired) electrons. The number of sulfone groups is 1. The number of benzene rings is 4. The summed E-state index contributed by atoms with van der Waals surface area (Å²) in [6.45, 7) is 2.16. The maximum Gasteiger partial charge on any atom is 0.335 e. The largest absolute Gasteiger partial charge is 0.505 e. The standard InChI is InChI=1S/C32H29N3O5S/c1-32(16-6-3-7-17-32)26-18-23(21-10-12-22(13-11-21)31(37)38)19-29(30(26)36)35-33-27-15-14-25(20-28(27)34-35)41(39,40)24-8-4-2-5-9-24/h2,4-5,8-15,18-20,36H,3,6-7,16-17H2,1H3,(H,37,38). The average Bonchev–Trinajstić information content (AvgIpc) is 3.41. The molecule has 4 aromatic carbocycles. The first-order valence-electron chi connectivity index (χ1n) is 13.5. The summed E-state index contributed by atoms with van der Waals surface area (Å²) in [6.07, 6.45) is 5.13. The Labute approximate surface area is 237 Å². The molecule has 6 rings (SSSR count). The smallest absolute Gasteiger partial charge is 0.335 e. The van der Waals surface area contributed by atoms with Crippen molar-refractivity contribution in [3.63, 3.8) is 0 Å². The number of aromatic hydroxyl groups is 1. The van der Waals surface area contributed by atoms with Gasteiger partial charge < -0.3 is 10.2 Å². The third-order valence-corrected chi connectivity index (χ3v) is 9.86. The number of carboxylic acids is 1. The van der Waals surface area contributed by atoms with Crippen molar-refractivity contribution in [2.75, 3.05) is 0 Å². The topological polar surface area (TPSA) is 122 Å². The number of carbonyl (C=O) groups is 1. The van der Waals surface area contributed by atoms with Gasteiger partial charge in [0.2, 0.25) is 9.84 Å². The van der Waals surface area contributed by atoms with Crippen LogP contribution in [0.5, 0.6) is 5.75 Å². The fraction of sp³-hybridized carbons (Fsp3) is 0.219. The second-order valence-corrected chi connectivity index (χ2v) is 12.8. The van der Waals surface area contributed by atoms with E-state index in [0.29, 0.717) is 16.7 Å². The van der Waals surface area contributed by atoms with E-state index >= 15 is 0 Å². The summed E-state index contributed by atoms with van der Waals surface area (Å²) >= 11 is 0. The minimum atomic E-state index is -3.74. The van der Waals surface area contributed by atoms with E-state index in [1.54, 1.807) is 66.7 Å². The van der Waals surface area contributed by atoms with E-state index in [4.69, 9.17) is 0 Å². The van der Waals surface area contributed by atoms with Crippen molar-refractivity contribution in [3.8, 4) is 22.6 Å². The molecule has 1 aliphatic rings. The first kappa shape index (κ1) is 26.7. The number of phenols is 1. The molecule has 0 amide bonds. The normalized spacial score (nSPS) is 15.1. The van der Waals surface area contributed by atoms with Crippen molar-refractivity contribution in [2.24, 2.45) is 0 Å². The summed E-state index contributed by atoms with van der Waals surface area (Å²) in [5.74, 6) is -0.919. The SMILES string of the molecule is CC1(c2cc(-c3ccc(C(=O)O)cc3)cc(-n3nc4ccc(S(=O)(=O)c5ccccc5)cc4n3)c2O)CCCCC1. The zero-order valence-corrected chi connectivity index (χ0v) is 23.3. The monoisotopic (exact) mass is 567 g/mol. The summed E-state index contributed by atoms with van der Waals surface area (Å²) in [4.78, 5) is 13.0. The van der Waals surface area contributed by atoms with Crippen LogP contribution in [-0.2, 0) is 15.3 Å². The van der Waals surface area contributed by atoms with Crippen LogP contribution in [0.1, 0.15) is 54.9 Å². The molecule has 0 unspecified atom stereocenters. The summed E-state index contributed by atoms with van der Waals surface area (Å²) < 4.78 is 26.4. The Hall–Kier alpha value is -4.50. The van der Waals surface area contributed by atoms with Crippen LogP contribution >= 0.6 is 0 Å². The van der Waals surface area contributed by atoms with Crippen LogP contribution in [-0.4, -0.2) is 39.6 Å². The van der Waals surface area contributed by atoms with Crippen LogP contribution in [0.25, 0.3) is 27.8 Å². The number of phenolic OH excluding ortho intramolecular Hbond substituents is 1. The summed E-state index contributed by atoms with van der Waals surface area (Å²) in [7, 11) is -3.74. The van der Waals surface area contributed by atoms with Gasteiger partial charge in [0, 0.05) is 5.56 Å². The number of aromatic nitrogens is 3. The molecule has 2 N–H and O–H groups in total. The Balaban J connectivity index is 1.49. The minimum Gasteiger partial charge on any atom is -0.505 e. The predicted octanol–water partition coefficient (Wildman–Crippen LogP) is 6.55. The number of carboxylic acid groups (broad SMARTS) is 1. The Morgan fingerprint density at radius 1 is 0.805 bits per heavy atom. The molecule has 5 aromatic rings. The fourth-order valence-electron chi connectivity index (χ4n) is 5.71. The lowest BCUT2D eigenvalue weighted by Gasteiger charge is -2.35. The van der Waals surface area contributed by atoms with E-state index in [2.05, 4.69) is 17.1 Å². The van der Waals surface area contributed by atoms with Crippen molar-refractivity contribution in [3.05, 3.63) is 96.1 Å². The van der Waals surface area contributed by atoms with Gasteiger partial charge in [0.25, 0.3) is 0 Å². The van der Waals surface area contributed by atoms with Crippen molar-refractivity contribution < 1.29 is 23.4 Å². The number of hydrogen-bond donors (Lipinski definition) is 2. The molecule has 41 heavy (non-hydrogen) atoms. The Kier molecular flexibility index (Phi) is 6.62. The molecule has 0 saturated heterocycles. The van der Waals surface area contributed by atoms with Gasteiger partial charge in [0.1, 0.15) is 22.5 Å². The van der Waals surface area contributed by atoms with E-state index in [1.807, 2.05) is 6.07 Å². The van der Waals surface area contributed by atoms with Crippen molar-refractivity contribution in [2.45, 2.75) is 54.2 Å². The fourth-order valence-corrected chi connectivity index (χ4v) is 7.01. The lowest BCUT2D eigenvalue weighted by molar-refractivity contribution is 0.0697. The van der Waals surface area contributed by atoms with Gasteiger partial charge in [-0.2, -0.15) is 0 Å². The predicted molar refractivity (Wildman–Crippen MR) is 155 cm³/mol. The van der Waals surface area contributed by atoms with E-state index in [9.17, 15) is 23.4 Å². The maximum atomic E-state index is 13.2. The van der Waals surface area contributed by atoms with E-state index in [0.717, 1.165) is 48.8 Å². The Bertz CT molecular complexity index is 1870. The lowest BCUT2D eigenvalue weighted by atomic mass is 9.70. The molecule has 1 fully saturated rings. The molecule has 0 spiro atoms. The summed E-state index contributed by atoms with van der Waals surface area (Å²) in [5.41, 5.74) is 3.55. The summed E-state index contributed by atoms with van der Waals surface area (Å²) in [5, 5.41) is 30.2. The molecule has 0 atom stereocenters. The van der Waals surface area contributed by atoms with E-state index in [-0.39, 0.29) is 26.5 Å². The van der Waals surface area contributed by atoms with Gasteiger partial charge in [-0.1, -0.05) is 56.5 Å². The van der Waals surface area contributed by atoms with Crippen molar-refractivity contribution >= 4 is 26.8 Å². The molecule has 0 bridgehead atoms. The molecule has 9 heteroatoms. The lowest BCUT2D eigenvalue weighted by Crippen LogP contribution is -2.25. The van der Waals surface area contributed by atoms with Crippen molar-refractivity contribution in [1.82, 2.24) is 15.0 Å². The second-order valence-electron chi connectivity index (χ2n) is 10.9. The molecule has 1 aliphatic carbocycles. The number of hydrogen-bond acceptors (Lipinski definition) is 6. The van der Waals surface area contributed by atoms with Gasteiger partial charge in [-0.15, -0.1) is 15.0 Å². The Morgan fingerprint density at radius 3 is 2.17 bits per heavy atom. The van der Waals surface area contributed by atoms with Crippen LogP contribution in [0.15, 0.2) is 94.7 Å². The first-order valence-corrected chi connectivity index (χ1v) is 15.0. The molecule has 1 aromatic heterocycles. The highest BCUT2D eigenvalue weighted by molar-refractivity contribution is 7.91. The number of rotatable bonds is 6. The highest BCUT2D eigenvalue weighted by Crippen LogP contribution is 2.46. The third-order valence-electron chi connectivity index (χ3n) is 8.09. The van der Waals surface area contributed by atoms with Gasteiger partial charge in [0.05, 0.1) is 15.4 Å². The number of fused-ring (bicyclic) bond motifs is 1. The van der Waals surface area contributed by atoms with Crippen LogP contribution < -0.4 is 0 Å². The van der Waals surface area contributed by atoms with Crippen LogP contribution in [0.3, 0.4) is 0 Å². The van der Waals surface area contributed by atoms with E-state index in [1.165, 1.54) is 16.9 Å². The Morgan fingerprint density at radius 2 is 1.49 bits per heavy atom. The van der Waals surface area contributed by atoms with Crippen molar-refractivity contribution in [1.29, 1.82) is 0 Å². The molecule has 1 heterocycles. The molecule has 8 nitrogen and oxygen atoms in total. The van der Waals surface area contributed by atoms with Crippen LogP contribution in [0, 0.1) is 0 Å². The molecule has 208 valence electrons. The number of aromatic carboxylic acids is 1. The zero-order chi connectivity index (χ0) is 28.8. The molecular weight excluding hydrogens is 538 g/mol. The van der Waals surface area contributed by atoms with Gasteiger partial charge in [-0.3, -0.25) is 0 Å². The third kappa shape index (κ3) is 4.86. The quantitative estimate of drug-likeness (QED) is 0.239. The average molecular weight is 568 g/mol. The van der Waals surface area contributed by atoms with E-state index < -0.39 is 15.8 Å². The molecule has 0 aliphatic heterocycles. The second kappa shape index (κ2) is 10.2. The molecular formula is C32H29N3O5S. The number of nitrogens with zero attached hydrogens (tertiary/aromatic N) is 3. The van der Waals surface area contributed by atoms with Gasteiger partial charge in [-0.25, -0.2) is 13.2 Å². The summed E-state index contributed by atoms with van der Waals surface area (Å²) in [6, 6.07) is 23.2. The van der Waals surface area contributed by atoms with Gasteiger partial charge in [0.15, 0.2) is 0 Å². The maximum absolute atomic E-state index is 13.2. The minimum absolute atomic E-state index is 0.0812. The van der Waals surface area contributed by atoms with Crippen LogP contribution in [0.2, 0.25) is 0 Å². The van der Waals surface area contributed by atoms with Crippen LogP contribution in [0.4, 0.5) is 0 Å². The zero-order valence-electron chi connectivity index (χ0n) is 22.5. The van der Waals surface area contributed by atoms with Gasteiger partial charge in [-0.05, 0) is 84.0 Å². The first-order chi connectivity index (χ1) is 19.7. The molecule has 1 saturated carbocycles. The van der Waals surface area contributed by atoms with Gasteiger partial charge >= 0.3 is 5.97 Å².